The Balaban J connectivity index is 2.40. The number of carbonyl (C=O) groups is 2. The number of rotatable bonds is 4. The first kappa shape index (κ1) is 15.0. The summed E-state index contributed by atoms with van der Waals surface area (Å²) in [6.45, 7) is 5.41. The summed E-state index contributed by atoms with van der Waals surface area (Å²) < 4.78 is 4.91. The van der Waals surface area contributed by atoms with Gasteiger partial charge in [-0.15, -0.1) is 0 Å². The van der Waals surface area contributed by atoms with E-state index in [1.807, 2.05) is 19.1 Å². The average Bonchev–Trinajstić information content (AvgIpc) is 2.80. The van der Waals surface area contributed by atoms with Gasteiger partial charge in [0.1, 0.15) is 5.71 Å². The molecule has 0 aliphatic carbocycles. The largest absolute Gasteiger partial charge is 0.479 e. The first-order valence-electron chi connectivity index (χ1n) is 6.73. The number of esters is 1. The Morgan fingerprint density at radius 2 is 2.00 bits per heavy atom. The van der Waals surface area contributed by atoms with Crippen LogP contribution >= 0.6 is 0 Å². The van der Waals surface area contributed by atoms with Crippen LogP contribution in [-0.2, 0) is 14.3 Å². The Morgan fingerprint density at radius 1 is 1.38 bits per heavy atom. The molecule has 1 N–H and O–H groups in total. The van der Waals surface area contributed by atoms with Gasteiger partial charge in [0, 0.05) is 6.42 Å². The third-order valence-electron chi connectivity index (χ3n) is 3.45. The minimum Gasteiger partial charge on any atom is -0.479 e. The summed E-state index contributed by atoms with van der Waals surface area (Å²) in [4.78, 5) is 23.4. The molecule has 0 saturated carbocycles. The number of aliphatic carboxylic acids is 1. The molecule has 1 heterocycles. The van der Waals surface area contributed by atoms with Crippen LogP contribution in [0.4, 0.5) is 5.69 Å². The molecule has 1 aromatic rings. The van der Waals surface area contributed by atoms with E-state index in [2.05, 4.69) is 5.10 Å². The van der Waals surface area contributed by atoms with Gasteiger partial charge in [-0.05, 0) is 32.9 Å². The van der Waals surface area contributed by atoms with Crippen molar-refractivity contribution in [3.05, 3.63) is 29.8 Å². The molecule has 0 radical (unpaired) electrons. The van der Waals surface area contributed by atoms with Crippen molar-refractivity contribution >= 4 is 23.3 Å². The van der Waals surface area contributed by atoms with Crippen molar-refractivity contribution < 1.29 is 19.4 Å². The number of hydrogen-bond acceptors (Lipinski definition) is 5. The zero-order valence-electron chi connectivity index (χ0n) is 12.3. The molecule has 1 atom stereocenters. The number of aryl methyl sites for hydroxylation is 1. The summed E-state index contributed by atoms with van der Waals surface area (Å²) in [5.74, 6) is -1.61. The molecule has 1 aromatic carbocycles. The fourth-order valence-corrected chi connectivity index (χ4v) is 2.19. The lowest BCUT2D eigenvalue weighted by atomic mass is 9.95. The maximum absolute atomic E-state index is 11.8. The van der Waals surface area contributed by atoms with Crippen molar-refractivity contribution in [1.82, 2.24) is 0 Å². The maximum atomic E-state index is 11.8. The summed E-state index contributed by atoms with van der Waals surface area (Å²) in [6, 6.07) is 7.31. The predicted octanol–water partition coefficient (Wildman–Crippen LogP) is 1.97. The van der Waals surface area contributed by atoms with E-state index < -0.39 is 17.5 Å². The van der Waals surface area contributed by atoms with Gasteiger partial charge in [0.2, 0.25) is 0 Å². The highest BCUT2D eigenvalue weighted by Crippen LogP contribution is 2.33. The zero-order chi connectivity index (χ0) is 15.6. The Kier molecular flexibility index (Phi) is 3.97. The highest BCUT2D eigenvalue weighted by Gasteiger charge is 2.48. The molecule has 0 saturated heterocycles. The summed E-state index contributed by atoms with van der Waals surface area (Å²) >= 11 is 0. The first-order valence-corrected chi connectivity index (χ1v) is 6.73. The zero-order valence-corrected chi connectivity index (χ0v) is 12.3. The van der Waals surface area contributed by atoms with Crippen LogP contribution in [0.25, 0.3) is 0 Å². The van der Waals surface area contributed by atoms with Gasteiger partial charge in [0.15, 0.2) is 5.54 Å². The topological polar surface area (TPSA) is 79.2 Å². The number of ether oxygens (including phenoxy) is 1. The SMILES string of the molecule is CCOC(=O)C1=NN(c2ccc(C)cc2)[C@@](C)(C(=O)O)C1. The van der Waals surface area contributed by atoms with Crippen LogP contribution in [0.3, 0.4) is 0 Å². The quantitative estimate of drug-likeness (QED) is 0.858. The summed E-state index contributed by atoms with van der Waals surface area (Å²) in [5, 5.41) is 15.1. The van der Waals surface area contributed by atoms with Crippen molar-refractivity contribution in [2.45, 2.75) is 32.7 Å². The molecule has 0 fully saturated rings. The molecular weight excluding hydrogens is 272 g/mol. The highest BCUT2D eigenvalue weighted by atomic mass is 16.5. The third-order valence-corrected chi connectivity index (χ3v) is 3.45. The minimum atomic E-state index is -1.29. The fraction of sp³-hybridized carbons (Fsp3) is 0.400. The lowest BCUT2D eigenvalue weighted by Crippen LogP contribution is -2.47. The van der Waals surface area contributed by atoms with Crippen molar-refractivity contribution in [2.75, 3.05) is 11.6 Å². The third kappa shape index (κ3) is 2.74. The second kappa shape index (κ2) is 5.55. The van der Waals surface area contributed by atoms with Crippen LogP contribution in [0.5, 0.6) is 0 Å². The van der Waals surface area contributed by atoms with E-state index >= 15 is 0 Å². The monoisotopic (exact) mass is 290 g/mol. The Bertz CT molecular complexity index is 594. The van der Waals surface area contributed by atoms with Crippen LogP contribution in [0.2, 0.25) is 0 Å². The Morgan fingerprint density at radius 3 is 2.52 bits per heavy atom. The van der Waals surface area contributed by atoms with Gasteiger partial charge >= 0.3 is 11.9 Å². The van der Waals surface area contributed by atoms with Crippen LogP contribution in [0.15, 0.2) is 29.4 Å². The van der Waals surface area contributed by atoms with Crippen LogP contribution in [-0.4, -0.2) is 34.9 Å². The summed E-state index contributed by atoms with van der Waals surface area (Å²) in [7, 11) is 0. The number of nitrogens with zero attached hydrogens (tertiary/aromatic N) is 2. The van der Waals surface area contributed by atoms with E-state index in [0.29, 0.717) is 5.69 Å². The van der Waals surface area contributed by atoms with E-state index in [-0.39, 0.29) is 18.7 Å². The second-order valence-electron chi connectivity index (χ2n) is 5.17. The van der Waals surface area contributed by atoms with Gasteiger partial charge in [-0.1, -0.05) is 17.7 Å². The fourth-order valence-electron chi connectivity index (χ4n) is 2.19. The van der Waals surface area contributed by atoms with Gasteiger partial charge in [0.05, 0.1) is 12.3 Å². The van der Waals surface area contributed by atoms with Gasteiger partial charge < -0.3 is 9.84 Å². The number of carboxylic acids is 1. The molecule has 21 heavy (non-hydrogen) atoms. The smallest absolute Gasteiger partial charge is 0.354 e. The molecule has 0 unspecified atom stereocenters. The molecule has 0 amide bonds. The number of hydrazone groups is 1. The molecule has 0 spiro atoms. The van der Waals surface area contributed by atoms with Crippen molar-refractivity contribution in [3.8, 4) is 0 Å². The van der Waals surface area contributed by atoms with Gasteiger partial charge in [-0.3, -0.25) is 0 Å². The summed E-state index contributed by atoms with van der Waals surface area (Å²) in [6.07, 6.45) is 0.00897. The number of hydrogen-bond donors (Lipinski definition) is 1. The number of benzene rings is 1. The molecule has 6 heteroatoms. The van der Waals surface area contributed by atoms with E-state index in [0.717, 1.165) is 5.56 Å². The van der Waals surface area contributed by atoms with Gasteiger partial charge in [0.25, 0.3) is 0 Å². The van der Waals surface area contributed by atoms with Gasteiger partial charge in [-0.2, -0.15) is 5.10 Å². The van der Waals surface area contributed by atoms with E-state index in [1.54, 1.807) is 26.0 Å². The van der Waals surface area contributed by atoms with E-state index in [4.69, 9.17) is 4.74 Å². The molecule has 0 bridgehead atoms. The Hall–Kier alpha value is -2.37. The minimum absolute atomic E-state index is 0.00897. The van der Waals surface area contributed by atoms with Crippen molar-refractivity contribution in [1.29, 1.82) is 0 Å². The Labute approximate surface area is 123 Å². The molecule has 0 aromatic heterocycles. The maximum Gasteiger partial charge on any atom is 0.354 e. The number of carboxylic acid groups (broad SMARTS) is 1. The van der Waals surface area contributed by atoms with Crippen molar-refractivity contribution in [2.24, 2.45) is 5.10 Å². The molecule has 6 nitrogen and oxygen atoms in total. The van der Waals surface area contributed by atoms with Crippen LogP contribution < -0.4 is 5.01 Å². The average molecular weight is 290 g/mol. The number of anilines is 1. The lowest BCUT2D eigenvalue weighted by Gasteiger charge is -2.30. The van der Waals surface area contributed by atoms with Crippen molar-refractivity contribution in [3.63, 3.8) is 0 Å². The normalized spacial score (nSPS) is 21.1. The van der Waals surface area contributed by atoms with E-state index in [1.165, 1.54) is 5.01 Å². The van der Waals surface area contributed by atoms with Gasteiger partial charge in [-0.25, -0.2) is 14.6 Å². The molecular formula is C15H18N2O4. The predicted molar refractivity (Wildman–Crippen MR) is 78.4 cm³/mol. The first-order chi connectivity index (χ1) is 9.88. The van der Waals surface area contributed by atoms with E-state index in [9.17, 15) is 14.7 Å². The molecule has 112 valence electrons. The molecule has 1 aliphatic rings. The van der Waals surface area contributed by atoms with Crippen LogP contribution in [0.1, 0.15) is 25.8 Å². The lowest BCUT2D eigenvalue weighted by molar-refractivity contribution is -0.142. The highest BCUT2D eigenvalue weighted by molar-refractivity contribution is 6.38. The number of carbonyl (C=O) groups excluding carboxylic acids is 1. The summed E-state index contributed by atoms with van der Waals surface area (Å²) in [5.41, 5.74) is 0.522. The molecule has 1 aliphatic heterocycles. The standard InChI is InChI=1S/C15H18N2O4/c1-4-21-13(18)12-9-15(3,14(19)20)17(16-12)11-7-5-10(2)6-8-11/h5-8H,4,9H2,1-3H3,(H,19,20)/t15-/m1/s1. The van der Waals surface area contributed by atoms with Crippen LogP contribution in [0, 0.1) is 6.92 Å². The molecule has 2 rings (SSSR count). The second-order valence-corrected chi connectivity index (χ2v) is 5.17.